The number of rotatable bonds is 9. The minimum Gasteiger partial charge on any atom is -0.374 e. The Morgan fingerprint density at radius 3 is 2.42 bits per heavy atom. The molecule has 0 bridgehead atoms. The van der Waals surface area contributed by atoms with Crippen molar-refractivity contribution in [2.24, 2.45) is 0 Å². The van der Waals surface area contributed by atoms with Crippen molar-refractivity contribution in [1.29, 1.82) is 0 Å². The number of hydrogen-bond donors (Lipinski definition) is 2. The molecule has 7 heteroatoms. The van der Waals surface area contributed by atoms with Crippen molar-refractivity contribution in [1.82, 2.24) is 15.5 Å². The van der Waals surface area contributed by atoms with Gasteiger partial charge in [0.25, 0.3) is 11.8 Å². The molecule has 1 aliphatic rings. The molecule has 1 unspecified atom stereocenters. The first-order chi connectivity index (χ1) is 12.4. The second-order valence-electron chi connectivity index (χ2n) is 4.92. The van der Waals surface area contributed by atoms with E-state index in [1.165, 1.54) is 13.1 Å². The highest BCUT2D eigenvalue weighted by atomic mass is 16.2. The van der Waals surface area contributed by atoms with Crippen LogP contribution in [0.3, 0.4) is 0 Å². The second-order valence-corrected chi connectivity index (χ2v) is 4.92. The Labute approximate surface area is 154 Å². The van der Waals surface area contributed by atoms with Crippen LogP contribution in [-0.4, -0.2) is 48.5 Å². The SMILES string of the molecule is C#CCNC(=C)C1=C(C=C)C(=O)N(C(C=O)CCC(=O)NC)C1=O.CC. The topological polar surface area (TPSA) is 95.6 Å². The van der Waals surface area contributed by atoms with Gasteiger partial charge in [-0.05, 0) is 6.42 Å². The van der Waals surface area contributed by atoms with Gasteiger partial charge in [-0.3, -0.25) is 19.3 Å². The Kier molecular flexibility index (Phi) is 10.0. The minimum absolute atomic E-state index is 0.00596. The van der Waals surface area contributed by atoms with E-state index < -0.39 is 17.9 Å². The summed E-state index contributed by atoms with van der Waals surface area (Å²) >= 11 is 0. The van der Waals surface area contributed by atoms with E-state index >= 15 is 0 Å². The second kappa shape index (κ2) is 11.4. The lowest BCUT2D eigenvalue weighted by Crippen LogP contribution is -2.43. The summed E-state index contributed by atoms with van der Waals surface area (Å²) in [5.41, 5.74) is 0.248. The number of amides is 3. The molecule has 0 aliphatic carbocycles. The van der Waals surface area contributed by atoms with E-state index in [2.05, 4.69) is 29.7 Å². The molecule has 0 aromatic rings. The number of imide groups is 1. The normalized spacial score (nSPS) is 14.0. The Morgan fingerprint density at radius 1 is 1.35 bits per heavy atom. The molecule has 0 saturated carbocycles. The lowest BCUT2D eigenvalue weighted by atomic mass is 10.1. The van der Waals surface area contributed by atoms with Gasteiger partial charge in [0.15, 0.2) is 0 Å². The number of nitrogens with one attached hydrogen (secondary N) is 2. The van der Waals surface area contributed by atoms with E-state index in [9.17, 15) is 19.2 Å². The Balaban J connectivity index is 0.00000301. The van der Waals surface area contributed by atoms with E-state index in [0.29, 0.717) is 6.29 Å². The highest BCUT2D eigenvalue weighted by molar-refractivity contribution is 6.23. The van der Waals surface area contributed by atoms with Crippen LogP contribution in [0.5, 0.6) is 0 Å². The maximum atomic E-state index is 12.6. The van der Waals surface area contributed by atoms with Gasteiger partial charge in [-0.2, -0.15) is 0 Å². The van der Waals surface area contributed by atoms with Crippen LogP contribution in [-0.2, 0) is 19.2 Å². The van der Waals surface area contributed by atoms with Crippen molar-refractivity contribution in [3.05, 3.63) is 36.1 Å². The molecule has 26 heavy (non-hydrogen) atoms. The smallest absolute Gasteiger partial charge is 0.264 e. The van der Waals surface area contributed by atoms with Gasteiger partial charge in [-0.15, -0.1) is 6.42 Å². The Morgan fingerprint density at radius 2 is 1.96 bits per heavy atom. The van der Waals surface area contributed by atoms with Gasteiger partial charge in [-0.1, -0.05) is 39.0 Å². The Hall–Kier alpha value is -3.14. The maximum Gasteiger partial charge on any atom is 0.264 e. The third kappa shape index (κ3) is 5.18. The van der Waals surface area contributed by atoms with Crippen molar-refractivity contribution in [2.75, 3.05) is 13.6 Å². The first-order valence-electron chi connectivity index (χ1n) is 8.19. The highest BCUT2D eigenvalue weighted by Crippen LogP contribution is 2.28. The monoisotopic (exact) mass is 359 g/mol. The number of hydrogen-bond acceptors (Lipinski definition) is 5. The van der Waals surface area contributed by atoms with Crippen LogP contribution in [0.2, 0.25) is 0 Å². The first-order valence-corrected chi connectivity index (χ1v) is 8.19. The van der Waals surface area contributed by atoms with Crippen LogP contribution in [0.4, 0.5) is 0 Å². The van der Waals surface area contributed by atoms with Crippen LogP contribution in [0.15, 0.2) is 36.1 Å². The molecular formula is C19H25N3O4. The molecular weight excluding hydrogens is 334 g/mol. The van der Waals surface area contributed by atoms with Crippen molar-refractivity contribution >= 4 is 24.0 Å². The number of nitrogens with zero attached hydrogens (tertiary/aromatic N) is 1. The molecule has 0 radical (unpaired) electrons. The van der Waals surface area contributed by atoms with Crippen LogP contribution in [0, 0.1) is 12.3 Å². The average molecular weight is 359 g/mol. The first kappa shape index (κ1) is 22.9. The molecule has 1 rings (SSSR count). The summed E-state index contributed by atoms with van der Waals surface area (Å²) in [6.45, 7) is 11.4. The molecule has 1 aliphatic heterocycles. The zero-order chi connectivity index (χ0) is 20.3. The summed E-state index contributed by atoms with van der Waals surface area (Å²) in [6, 6.07) is -1.05. The van der Waals surface area contributed by atoms with Gasteiger partial charge >= 0.3 is 0 Å². The van der Waals surface area contributed by atoms with Crippen molar-refractivity contribution in [2.45, 2.75) is 32.7 Å². The predicted octanol–water partition coefficient (Wildman–Crippen LogP) is 0.694. The average Bonchev–Trinajstić information content (AvgIpc) is 2.92. The van der Waals surface area contributed by atoms with Gasteiger partial charge in [0, 0.05) is 19.2 Å². The number of carbonyl (C=O) groups is 4. The summed E-state index contributed by atoms with van der Waals surface area (Å²) in [5, 5.41) is 5.15. The quantitative estimate of drug-likeness (QED) is 0.359. The third-order valence-corrected chi connectivity index (χ3v) is 3.50. The molecule has 7 nitrogen and oxygen atoms in total. The Bertz CT molecular complexity index is 671. The lowest BCUT2D eigenvalue weighted by Gasteiger charge is -2.22. The largest absolute Gasteiger partial charge is 0.374 e. The van der Waals surface area contributed by atoms with E-state index in [1.807, 2.05) is 13.8 Å². The van der Waals surface area contributed by atoms with Gasteiger partial charge in [-0.25, -0.2) is 0 Å². The summed E-state index contributed by atoms with van der Waals surface area (Å²) in [4.78, 5) is 48.6. The molecule has 3 amide bonds. The van der Waals surface area contributed by atoms with Crippen molar-refractivity contribution in [3.8, 4) is 12.3 Å². The van der Waals surface area contributed by atoms with Gasteiger partial charge in [0.05, 0.1) is 23.7 Å². The van der Waals surface area contributed by atoms with E-state index in [-0.39, 0.29) is 42.1 Å². The molecule has 1 atom stereocenters. The predicted molar refractivity (Wildman–Crippen MR) is 99.6 cm³/mol. The van der Waals surface area contributed by atoms with Gasteiger partial charge in [0.1, 0.15) is 6.29 Å². The molecule has 2 N–H and O–H groups in total. The summed E-state index contributed by atoms with van der Waals surface area (Å²) in [5.74, 6) is 0.723. The standard InChI is InChI=1S/C17H19N3O4.C2H6/c1-5-9-19-11(3)15-13(6-2)16(23)20(17(15)24)12(10-21)7-8-14(22)18-4;1-2/h1,6,10,12,19H,2-3,7-9H2,4H3,(H,18,22);1-2H3. The summed E-state index contributed by atoms with van der Waals surface area (Å²) in [7, 11) is 1.46. The third-order valence-electron chi connectivity index (χ3n) is 3.50. The zero-order valence-electron chi connectivity index (χ0n) is 15.4. The maximum absolute atomic E-state index is 12.6. The molecule has 0 fully saturated rings. The molecule has 0 aromatic carbocycles. The molecule has 0 aromatic heterocycles. The van der Waals surface area contributed by atoms with Crippen molar-refractivity contribution < 1.29 is 19.2 Å². The fourth-order valence-corrected chi connectivity index (χ4v) is 2.25. The number of aldehydes is 1. The summed E-state index contributed by atoms with van der Waals surface area (Å²) < 4.78 is 0. The molecule has 0 spiro atoms. The van der Waals surface area contributed by atoms with Crippen LogP contribution < -0.4 is 10.6 Å². The fraction of sp³-hybridized carbons (Fsp3) is 0.368. The van der Waals surface area contributed by atoms with E-state index in [4.69, 9.17) is 6.42 Å². The number of carbonyl (C=O) groups excluding carboxylic acids is 4. The lowest BCUT2D eigenvalue weighted by molar-refractivity contribution is -0.143. The molecule has 1 heterocycles. The van der Waals surface area contributed by atoms with E-state index in [1.54, 1.807) is 0 Å². The molecule has 140 valence electrons. The highest BCUT2D eigenvalue weighted by Gasteiger charge is 2.41. The number of terminal acetylenes is 1. The van der Waals surface area contributed by atoms with Crippen molar-refractivity contribution in [3.63, 3.8) is 0 Å². The minimum atomic E-state index is -1.05. The van der Waals surface area contributed by atoms with Gasteiger partial charge < -0.3 is 15.4 Å². The van der Waals surface area contributed by atoms with Gasteiger partial charge in [0.2, 0.25) is 5.91 Å². The molecule has 0 saturated heterocycles. The van der Waals surface area contributed by atoms with Crippen LogP contribution in [0.1, 0.15) is 26.7 Å². The fourth-order valence-electron chi connectivity index (χ4n) is 2.25. The van der Waals surface area contributed by atoms with Crippen LogP contribution >= 0.6 is 0 Å². The summed E-state index contributed by atoms with van der Waals surface area (Å²) in [6.07, 6.45) is 6.89. The zero-order valence-corrected chi connectivity index (χ0v) is 15.4. The van der Waals surface area contributed by atoms with Crippen LogP contribution in [0.25, 0.3) is 0 Å². The van der Waals surface area contributed by atoms with E-state index in [0.717, 1.165) is 4.90 Å².